The van der Waals surface area contributed by atoms with Crippen LogP contribution in [-0.4, -0.2) is 9.97 Å². The van der Waals surface area contributed by atoms with Crippen molar-refractivity contribution in [2.45, 2.75) is 39.4 Å². The van der Waals surface area contributed by atoms with Crippen molar-refractivity contribution >= 4 is 22.7 Å². The minimum absolute atomic E-state index is 0.0165. The molecular formula is C12H18N4S2. The highest BCUT2D eigenvalue weighted by Crippen LogP contribution is 2.19. The fourth-order valence-corrected chi connectivity index (χ4v) is 3.13. The zero-order valence-electron chi connectivity index (χ0n) is 10.8. The summed E-state index contributed by atoms with van der Waals surface area (Å²) in [5.74, 6) is 0. The number of rotatable bonds is 5. The van der Waals surface area contributed by atoms with E-state index in [1.807, 2.05) is 13.8 Å². The Hall–Kier alpha value is -0.820. The number of nitrogens with two attached hydrogens (primary N) is 1. The first-order valence-corrected chi connectivity index (χ1v) is 7.67. The molecule has 0 radical (unpaired) electrons. The Balaban J connectivity index is 1.90. The molecule has 0 aliphatic heterocycles. The second kappa shape index (κ2) is 5.88. The average molecular weight is 282 g/mol. The van der Waals surface area contributed by atoms with Crippen LogP contribution in [0.4, 0.5) is 0 Å². The van der Waals surface area contributed by atoms with Crippen LogP contribution in [0.3, 0.4) is 0 Å². The van der Waals surface area contributed by atoms with Crippen molar-refractivity contribution in [3.05, 3.63) is 32.2 Å². The smallest absolute Gasteiger partial charge is 0.110 e. The summed E-state index contributed by atoms with van der Waals surface area (Å²) in [5, 5.41) is 9.68. The summed E-state index contributed by atoms with van der Waals surface area (Å²) in [6, 6.07) is 0.270. The molecule has 0 aromatic carbocycles. The molecule has 0 aliphatic carbocycles. The van der Waals surface area contributed by atoms with Crippen LogP contribution in [-0.2, 0) is 6.54 Å². The van der Waals surface area contributed by atoms with Gasteiger partial charge in [0.25, 0.3) is 0 Å². The maximum absolute atomic E-state index is 5.80. The van der Waals surface area contributed by atoms with E-state index in [1.165, 1.54) is 0 Å². The second-order valence-electron chi connectivity index (χ2n) is 4.40. The van der Waals surface area contributed by atoms with E-state index in [1.54, 1.807) is 22.7 Å². The Kier molecular flexibility index (Phi) is 4.45. The highest BCUT2D eigenvalue weighted by atomic mass is 32.1. The molecule has 3 N–H and O–H groups in total. The molecule has 2 unspecified atom stereocenters. The van der Waals surface area contributed by atoms with Gasteiger partial charge in [-0.3, -0.25) is 0 Å². The van der Waals surface area contributed by atoms with E-state index in [0.29, 0.717) is 0 Å². The van der Waals surface area contributed by atoms with Crippen LogP contribution >= 0.6 is 22.7 Å². The van der Waals surface area contributed by atoms with Crippen LogP contribution in [0.15, 0.2) is 10.8 Å². The first-order valence-electron chi connectivity index (χ1n) is 5.91. The van der Waals surface area contributed by atoms with Gasteiger partial charge < -0.3 is 11.1 Å². The predicted molar refractivity (Wildman–Crippen MR) is 76.8 cm³/mol. The van der Waals surface area contributed by atoms with Gasteiger partial charge in [-0.05, 0) is 20.8 Å². The van der Waals surface area contributed by atoms with E-state index < -0.39 is 0 Å². The largest absolute Gasteiger partial charge is 0.322 e. The number of hydrogen-bond acceptors (Lipinski definition) is 6. The molecule has 2 aromatic rings. The Labute approximate surface area is 115 Å². The molecule has 2 atom stereocenters. The van der Waals surface area contributed by atoms with Gasteiger partial charge in [-0.15, -0.1) is 22.7 Å². The highest BCUT2D eigenvalue weighted by Gasteiger charge is 2.10. The lowest BCUT2D eigenvalue weighted by Gasteiger charge is -2.09. The second-order valence-corrected chi connectivity index (χ2v) is 6.17. The molecule has 0 spiro atoms. The Bertz CT molecular complexity index is 504. The molecule has 0 amide bonds. The van der Waals surface area contributed by atoms with Crippen LogP contribution < -0.4 is 11.1 Å². The Morgan fingerprint density at radius 2 is 1.94 bits per heavy atom. The third-order valence-electron chi connectivity index (χ3n) is 2.56. The van der Waals surface area contributed by atoms with Gasteiger partial charge in [0, 0.05) is 23.0 Å². The van der Waals surface area contributed by atoms with Crippen molar-refractivity contribution < 1.29 is 0 Å². The van der Waals surface area contributed by atoms with Crippen molar-refractivity contribution in [2.75, 3.05) is 0 Å². The number of hydrogen-bond donors (Lipinski definition) is 2. The Morgan fingerprint density at radius 3 is 2.50 bits per heavy atom. The van der Waals surface area contributed by atoms with Gasteiger partial charge in [-0.25, -0.2) is 9.97 Å². The fourth-order valence-electron chi connectivity index (χ4n) is 1.53. The lowest BCUT2D eigenvalue weighted by molar-refractivity contribution is 0.564. The summed E-state index contributed by atoms with van der Waals surface area (Å²) in [4.78, 5) is 8.97. The molecule has 0 saturated carbocycles. The topological polar surface area (TPSA) is 63.8 Å². The monoisotopic (exact) mass is 282 g/mol. The molecule has 98 valence electrons. The minimum atomic E-state index is 0.0165. The molecule has 0 saturated heterocycles. The van der Waals surface area contributed by atoms with Gasteiger partial charge in [0.2, 0.25) is 0 Å². The molecule has 0 aliphatic rings. The van der Waals surface area contributed by atoms with Crippen LogP contribution in [0.2, 0.25) is 0 Å². The van der Waals surface area contributed by atoms with Crippen LogP contribution in [0.25, 0.3) is 0 Å². The van der Waals surface area contributed by atoms with Crippen molar-refractivity contribution in [1.82, 2.24) is 15.3 Å². The fraction of sp³-hybridized carbons (Fsp3) is 0.500. The Morgan fingerprint density at radius 1 is 1.22 bits per heavy atom. The number of aromatic nitrogens is 2. The zero-order chi connectivity index (χ0) is 13.1. The third-order valence-corrected chi connectivity index (χ3v) is 4.80. The maximum Gasteiger partial charge on any atom is 0.110 e. The van der Waals surface area contributed by atoms with E-state index in [0.717, 1.165) is 27.9 Å². The van der Waals surface area contributed by atoms with Crippen molar-refractivity contribution in [1.29, 1.82) is 0 Å². The van der Waals surface area contributed by atoms with E-state index in [9.17, 15) is 0 Å². The normalized spacial score (nSPS) is 14.7. The number of thiazole rings is 2. The molecule has 18 heavy (non-hydrogen) atoms. The molecule has 4 nitrogen and oxygen atoms in total. The molecule has 0 bridgehead atoms. The van der Waals surface area contributed by atoms with Crippen molar-refractivity contribution in [3.8, 4) is 0 Å². The molecular weight excluding hydrogens is 264 g/mol. The third kappa shape index (κ3) is 3.35. The lowest BCUT2D eigenvalue weighted by atomic mass is 10.3. The van der Waals surface area contributed by atoms with Gasteiger partial charge in [-0.1, -0.05) is 0 Å². The summed E-state index contributed by atoms with van der Waals surface area (Å²) >= 11 is 3.31. The van der Waals surface area contributed by atoms with Crippen LogP contribution in [0.1, 0.15) is 47.3 Å². The van der Waals surface area contributed by atoms with Gasteiger partial charge in [0.15, 0.2) is 0 Å². The average Bonchev–Trinajstić information content (AvgIpc) is 2.94. The van der Waals surface area contributed by atoms with E-state index >= 15 is 0 Å². The zero-order valence-corrected chi connectivity index (χ0v) is 12.4. The number of nitrogens with one attached hydrogen (secondary N) is 1. The van der Waals surface area contributed by atoms with E-state index in [4.69, 9.17) is 5.73 Å². The summed E-state index contributed by atoms with van der Waals surface area (Å²) in [6.07, 6.45) is 0. The quantitative estimate of drug-likeness (QED) is 0.885. The van der Waals surface area contributed by atoms with Gasteiger partial charge in [-0.2, -0.15) is 0 Å². The predicted octanol–water partition coefficient (Wildman–Crippen LogP) is 2.78. The van der Waals surface area contributed by atoms with Crippen LogP contribution in [0, 0.1) is 6.92 Å². The standard InChI is InChI=1S/C12H18N4S2/c1-7-5-17-12(15-7)9(3)14-4-10-6-18-11(16-10)8(2)13/h5-6,8-9,14H,4,13H2,1-3H3. The van der Waals surface area contributed by atoms with Crippen LogP contribution in [0.5, 0.6) is 0 Å². The van der Waals surface area contributed by atoms with Gasteiger partial charge in [0.1, 0.15) is 10.0 Å². The SMILES string of the molecule is Cc1csc(C(C)NCc2csc(C(C)N)n2)n1. The highest BCUT2D eigenvalue weighted by molar-refractivity contribution is 7.10. The van der Waals surface area contributed by atoms with Crippen molar-refractivity contribution in [3.63, 3.8) is 0 Å². The summed E-state index contributed by atoms with van der Waals surface area (Å²) < 4.78 is 0. The van der Waals surface area contributed by atoms with E-state index in [2.05, 4.69) is 33.0 Å². The summed E-state index contributed by atoms with van der Waals surface area (Å²) in [5.41, 5.74) is 7.92. The molecule has 0 fully saturated rings. The first-order chi connectivity index (χ1) is 8.56. The minimum Gasteiger partial charge on any atom is -0.322 e. The molecule has 2 heterocycles. The number of aryl methyl sites for hydroxylation is 1. The van der Waals surface area contributed by atoms with Gasteiger partial charge in [0.05, 0.1) is 17.8 Å². The summed E-state index contributed by atoms with van der Waals surface area (Å²) in [7, 11) is 0. The lowest BCUT2D eigenvalue weighted by Crippen LogP contribution is -2.18. The first kappa shape index (κ1) is 13.6. The van der Waals surface area contributed by atoms with Gasteiger partial charge >= 0.3 is 0 Å². The molecule has 2 aromatic heterocycles. The van der Waals surface area contributed by atoms with Crippen molar-refractivity contribution in [2.24, 2.45) is 5.73 Å². The maximum atomic E-state index is 5.80. The van der Waals surface area contributed by atoms with E-state index in [-0.39, 0.29) is 12.1 Å². The molecule has 2 rings (SSSR count). The molecule has 6 heteroatoms. The number of nitrogens with zero attached hydrogens (tertiary/aromatic N) is 2. The summed E-state index contributed by atoms with van der Waals surface area (Å²) in [6.45, 7) is 6.85.